The number of rotatable bonds is 6. The fourth-order valence-corrected chi connectivity index (χ4v) is 1.30. The maximum absolute atomic E-state index is 11.1. The second-order valence-electron chi connectivity index (χ2n) is 3.72. The van der Waals surface area contributed by atoms with Crippen molar-refractivity contribution in [3.8, 4) is 0 Å². The monoisotopic (exact) mass is 214 g/mol. The summed E-state index contributed by atoms with van der Waals surface area (Å²) in [5, 5.41) is 9.51. The molecule has 0 saturated carbocycles. The summed E-state index contributed by atoms with van der Waals surface area (Å²) in [6.07, 6.45) is 2.41. The first-order valence-electron chi connectivity index (χ1n) is 5.27. The predicted octanol–water partition coefficient (Wildman–Crippen LogP) is 1.04. The molecule has 1 aliphatic heterocycles. The van der Waals surface area contributed by atoms with Crippen molar-refractivity contribution in [3.05, 3.63) is 11.6 Å². The van der Waals surface area contributed by atoms with Crippen LogP contribution in [-0.4, -0.2) is 36.5 Å². The number of epoxide rings is 1. The van der Waals surface area contributed by atoms with E-state index in [0.29, 0.717) is 26.1 Å². The highest BCUT2D eigenvalue weighted by atomic mass is 16.6. The number of aliphatic hydroxyl groups excluding tert-OH is 1. The van der Waals surface area contributed by atoms with Crippen LogP contribution in [0.1, 0.15) is 26.7 Å². The topological polar surface area (TPSA) is 59.1 Å². The van der Waals surface area contributed by atoms with Crippen LogP contribution >= 0.6 is 0 Å². The molecule has 0 spiro atoms. The molecule has 0 aromatic carbocycles. The Hall–Kier alpha value is -0.870. The third kappa shape index (κ3) is 4.95. The number of carbonyl (C=O) groups is 1. The molecule has 1 rings (SSSR count). The quantitative estimate of drug-likeness (QED) is 0.407. The van der Waals surface area contributed by atoms with Gasteiger partial charge in [-0.2, -0.15) is 0 Å². The van der Waals surface area contributed by atoms with E-state index in [1.807, 2.05) is 6.92 Å². The summed E-state index contributed by atoms with van der Waals surface area (Å²) in [5.41, 5.74) is 0.924. The van der Waals surface area contributed by atoms with Crippen LogP contribution in [0.25, 0.3) is 0 Å². The number of hydrogen-bond acceptors (Lipinski definition) is 4. The van der Waals surface area contributed by atoms with Crippen molar-refractivity contribution >= 4 is 5.97 Å². The van der Waals surface area contributed by atoms with E-state index < -0.39 is 6.10 Å². The Bertz CT molecular complexity index is 243. The van der Waals surface area contributed by atoms with Crippen molar-refractivity contribution in [2.75, 3.05) is 13.2 Å². The zero-order chi connectivity index (χ0) is 11.3. The number of hydrogen-bond donors (Lipinski definition) is 1. The summed E-state index contributed by atoms with van der Waals surface area (Å²) >= 11 is 0. The van der Waals surface area contributed by atoms with Gasteiger partial charge in [0.15, 0.2) is 0 Å². The van der Waals surface area contributed by atoms with Crippen molar-refractivity contribution < 1.29 is 19.4 Å². The fraction of sp³-hybridized carbons (Fsp3) is 0.727. The molecule has 2 atom stereocenters. The molecule has 86 valence electrons. The van der Waals surface area contributed by atoms with Crippen LogP contribution in [0.2, 0.25) is 0 Å². The third-order valence-electron chi connectivity index (χ3n) is 2.27. The first kappa shape index (κ1) is 12.2. The zero-order valence-corrected chi connectivity index (χ0v) is 9.23. The largest absolute Gasteiger partial charge is 0.463 e. The third-order valence-corrected chi connectivity index (χ3v) is 2.27. The van der Waals surface area contributed by atoms with Gasteiger partial charge in [-0.05, 0) is 26.7 Å². The molecule has 1 saturated heterocycles. The Morgan fingerprint density at radius 3 is 2.93 bits per heavy atom. The van der Waals surface area contributed by atoms with Crippen molar-refractivity contribution in [2.45, 2.75) is 38.9 Å². The lowest BCUT2D eigenvalue weighted by molar-refractivity contribution is -0.137. The Morgan fingerprint density at radius 2 is 2.40 bits per heavy atom. The Morgan fingerprint density at radius 1 is 1.73 bits per heavy atom. The minimum Gasteiger partial charge on any atom is -0.463 e. The maximum Gasteiger partial charge on any atom is 0.330 e. The van der Waals surface area contributed by atoms with E-state index in [4.69, 9.17) is 9.47 Å². The lowest BCUT2D eigenvalue weighted by Gasteiger charge is -2.06. The normalized spacial score (nSPS) is 22.3. The van der Waals surface area contributed by atoms with E-state index in [1.54, 1.807) is 6.92 Å². The summed E-state index contributed by atoms with van der Waals surface area (Å²) in [6, 6.07) is 0. The molecule has 0 aromatic rings. The highest BCUT2D eigenvalue weighted by Crippen LogP contribution is 2.19. The number of allylic oxidation sites excluding steroid dienone is 1. The molecule has 1 N–H and O–H groups in total. The van der Waals surface area contributed by atoms with Gasteiger partial charge < -0.3 is 14.6 Å². The Kier molecular flexibility index (Phi) is 4.78. The van der Waals surface area contributed by atoms with Crippen molar-refractivity contribution in [1.29, 1.82) is 0 Å². The molecule has 1 heterocycles. The minimum atomic E-state index is -0.407. The fourth-order valence-electron chi connectivity index (χ4n) is 1.30. The molecule has 1 aliphatic rings. The van der Waals surface area contributed by atoms with Crippen molar-refractivity contribution in [3.63, 3.8) is 0 Å². The van der Waals surface area contributed by atoms with Crippen LogP contribution in [-0.2, 0) is 14.3 Å². The zero-order valence-electron chi connectivity index (χ0n) is 9.23. The lowest BCUT2D eigenvalue weighted by Crippen LogP contribution is -2.14. The first-order chi connectivity index (χ1) is 7.13. The highest BCUT2D eigenvalue weighted by molar-refractivity contribution is 5.82. The Labute approximate surface area is 89.9 Å². The van der Waals surface area contributed by atoms with Crippen LogP contribution in [0.15, 0.2) is 11.6 Å². The van der Waals surface area contributed by atoms with Gasteiger partial charge >= 0.3 is 5.97 Å². The number of esters is 1. The van der Waals surface area contributed by atoms with Crippen LogP contribution < -0.4 is 0 Å². The van der Waals surface area contributed by atoms with Gasteiger partial charge in [0.2, 0.25) is 0 Å². The van der Waals surface area contributed by atoms with E-state index in [1.165, 1.54) is 6.08 Å². The van der Waals surface area contributed by atoms with E-state index >= 15 is 0 Å². The van der Waals surface area contributed by atoms with Gasteiger partial charge in [0.25, 0.3) is 0 Å². The molecule has 0 unspecified atom stereocenters. The minimum absolute atomic E-state index is 0.0143. The van der Waals surface area contributed by atoms with Crippen molar-refractivity contribution in [1.82, 2.24) is 0 Å². The number of ether oxygens (including phenoxy) is 2. The molecular formula is C11H18O4. The van der Waals surface area contributed by atoms with Gasteiger partial charge in [-0.25, -0.2) is 4.79 Å². The molecule has 0 aromatic heterocycles. The lowest BCUT2D eigenvalue weighted by atomic mass is 10.1. The average molecular weight is 214 g/mol. The molecule has 0 radical (unpaired) electrons. The van der Waals surface area contributed by atoms with Gasteiger partial charge in [0.1, 0.15) is 6.10 Å². The maximum atomic E-state index is 11.1. The smallest absolute Gasteiger partial charge is 0.330 e. The van der Waals surface area contributed by atoms with E-state index in [9.17, 15) is 9.90 Å². The molecule has 4 heteroatoms. The molecule has 15 heavy (non-hydrogen) atoms. The summed E-state index contributed by atoms with van der Waals surface area (Å²) < 4.78 is 9.74. The SMILES string of the molecule is CCOC(=O)/C=C(\C)CC[C@H](O)[C@H]1CO1. The van der Waals surface area contributed by atoms with E-state index in [2.05, 4.69) is 0 Å². The molecule has 0 aliphatic carbocycles. The molecule has 1 fully saturated rings. The second-order valence-corrected chi connectivity index (χ2v) is 3.72. The van der Waals surface area contributed by atoms with Gasteiger partial charge in [-0.1, -0.05) is 5.57 Å². The molecule has 0 amide bonds. The van der Waals surface area contributed by atoms with Crippen LogP contribution in [0.4, 0.5) is 0 Å². The number of carbonyl (C=O) groups excluding carboxylic acids is 1. The summed E-state index contributed by atoms with van der Waals surface area (Å²) in [6.45, 7) is 4.68. The summed E-state index contributed by atoms with van der Waals surface area (Å²) in [5.74, 6) is -0.313. The van der Waals surface area contributed by atoms with Gasteiger partial charge in [0, 0.05) is 6.08 Å². The molecule has 0 bridgehead atoms. The van der Waals surface area contributed by atoms with E-state index in [0.717, 1.165) is 5.57 Å². The number of aliphatic hydroxyl groups is 1. The highest BCUT2D eigenvalue weighted by Gasteiger charge is 2.30. The predicted molar refractivity (Wildman–Crippen MR) is 55.4 cm³/mol. The standard InChI is InChI=1S/C11H18O4/c1-3-14-11(13)6-8(2)4-5-9(12)10-7-15-10/h6,9-10,12H,3-5,7H2,1-2H3/b8-6+/t9-,10+/m0/s1. The summed E-state index contributed by atoms with van der Waals surface area (Å²) in [7, 11) is 0. The average Bonchev–Trinajstić information content (AvgIpc) is 2.97. The van der Waals surface area contributed by atoms with E-state index in [-0.39, 0.29) is 12.1 Å². The first-order valence-corrected chi connectivity index (χ1v) is 5.27. The summed E-state index contributed by atoms with van der Waals surface area (Å²) in [4.78, 5) is 11.1. The van der Waals surface area contributed by atoms with Crippen LogP contribution in [0.5, 0.6) is 0 Å². The van der Waals surface area contributed by atoms with Gasteiger partial charge in [0.05, 0.1) is 19.3 Å². The second kappa shape index (κ2) is 5.88. The van der Waals surface area contributed by atoms with Crippen molar-refractivity contribution in [2.24, 2.45) is 0 Å². The van der Waals surface area contributed by atoms with Crippen LogP contribution in [0, 0.1) is 0 Å². The van der Waals surface area contributed by atoms with Gasteiger partial charge in [-0.15, -0.1) is 0 Å². The van der Waals surface area contributed by atoms with Gasteiger partial charge in [-0.3, -0.25) is 0 Å². The Balaban J connectivity index is 2.21. The van der Waals surface area contributed by atoms with Crippen LogP contribution in [0.3, 0.4) is 0 Å². The molecule has 4 nitrogen and oxygen atoms in total. The molecular weight excluding hydrogens is 196 g/mol.